The first-order chi connectivity index (χ1) is 7.27. The van der Waals surface area contributed by atoms with Crippen molar-refractivity contribution in [2.75, 3.05) is 19.6 Å². The summed E-state index contributed by atoms with van der Waals surface area (Å²) >= 11 is 5.85. The molecule has 2 aliphatic heterocycles. The zero-order chi connectivity index (χ0) is 10.4. The number of hydrogen-bond donors (Lipinski definition) is 1. The Labute approximate surface area is 92.2 Å². The third-order valence-electron chi connectivity index (χ3n) is 3.21. The number of furan rings is 1. The van der Waals surface area contributed by atoms with Gasteiger partial charge in [0.25, 0.3) is 5.91 Å². The van der Waals surface area contributed by atoms with Crippen LogP contribution in [0.15, 0.2) is 16.7 Å². The second kappa shape index (κ2) is 3.25. The van der Waals surface area contributed by atoms with Crippen molar-refractivity contribution in [2.24, 2.45) is 5.92 Å². The summed E-state index contributed by atoms with van der Waals surface area (Å²) in [4.78, 5) is 13.8. The Morgan fingerprint density at radius 3 is 3.13 bits per heavy atom. The van der Waals surface area contributed by atoms with Crippen LogP contribution in [0.5, 0.6) is 0 Å². The number of carbonyl (C=O) groups excluding carboxylic acids is 1. The predicted octanol–water partition coefficient (Wildman–Crippen LogP) is 0.977. The Morgan fingerprint density at radius 1 is 1.60 bits per heavy atom. The van der Waals surface area contributed by atoms with Crippen LogP contribution in [0.1, 0.15) is 10.6 Å². The summed E-state index contributed by atoms with van der Waals surface area (Å²) in [5.41, 5.74) is 0. The monoisotopic (exact) mass is 226 g/mol. The summed E-state index contributed by atoms with van der Waals surface area (Å²) in [7, 11) is 0. The largest absolute Gasteiger partial charge is 0.458 e. The van der Waals surface area contributed by atoms with E-state index in [9.17, 15) is 4.79 Å². The van der Waals surface area contributed by atoms with E-state index in [0.29, 0.717) is 17.0 Å². The Bertz CT molecular complexity index is 404. The Balaban J connectivity index is 1.79. The highest BCUT2D eigenvalue weighted by Gasteiger charge is 2.45. The van der Waals surface area contributed by atoms with E-state index in [2.05, 4.69) is 5.32 Å². The van der Waals surface area contributed by atoms with Crippen LogP contribution in [0.3, 0.4) is 0 Å². The molecule has 15 heavy (non-hydrogen) atoms. The third kappa shape index (κ3) is 1.28. The van der Waals surface area contributed by atoms with E-state index >= 15 is 0 Å². The highest BCUT2D eigenvalue weighted by molar-refractivity contribution is 6.33. The highest BCUT2D eigenvalue weighted by Crippen LogP contribution is 2.31. The molecule has 1 aromatic heterocycles. The van der Waals surface area contributed by atoms with Gasteiger partial charge >= 0.3 is 0 Å². The number of nitrogens with zero attached hydrogens (tertiary/aromatic N) is 1. The molecule has 2 unspecified atom stereocenters. The molecule has 3 rings (SSSR count). The number of fused-ring (bicyclic) bond motifs is 1. The van der Waals surface area contributed by atoms with Crippen molar-refractivity contribution in [3.63, 3.8) is 0 Å². The molecule has 1 amide bonds. The molecule has 0 aliphatic carbocycles. The molecule has 1 N–H and O–H groups in total. The molecule has 0 radical (unpaired) electrons. The second-order valence-corrected chi connectivity index (χ2v) is 4.45. The van der Waals surface area contributed by atoms with Gasteiger partial charge in [0.2, 0.25) is 5.76 Å². The predicted molar refractivity (Wildman–Crippen MR) is 54.9 cm³/mol. The molecule has 0 bridgehead atoms. The number of nitrogens with one attached hydrogen (secondary N) is 1. The van der Waals surface area contributed by atoms with E-state index in [1.807, 2.05) is 4.90 Å². The fourth-order valence-corrected chi connectivity index (χ4v) is 2.51. The molecular weight excluding hydrogens is 216 g/mol. The number of carbonyl (C=O) groups is 1. The number of rotatable bonds is 1. The molecule has 2 saturated heterocycles. The molecule has 2 atom stereocenters. The van der Waals surface area contributed by atoms with Crippen molar-refractivity contribution in [3.05, 3.63) is 23.1 Å². The van der Waals surface area contributed by atoms with E-state index < -0.39 is 0 Å². The maximum absolute atomic E-state index is 12.0. The van der Waals surface area contributed by atoms with Crippen LogP contribution in [0.2, 0.25) is 5.02 Å². The van der Waals surface area contributed by atoms with Crippen molar-refractivity contribution in [3.8, 4) is 0 Å². The van der Waals surface area contributed by atoms with Gasteiger partial charge < -0.3 is 14.6 Å². The van der Waals surface area contributed by atoms with Crippen LogP contribution in [-0.4, -0.2) is 36.5 Å². The van der Waals surface area contributed by atoms with Crippen molar-refractivity contribution in [2.45, 2.75) is 6.04 Å². The van der Waals surface area contributed by atoms with E-state index in [0.717, 1.165) is 19.6 Å². The smallest absolute Gasteiger partial charge is 0.291 e. The number of halogens is 1. The van der Waals surface area contributed by atoms with Gasteiger partial charge in [-0.2, -0.15) is 0 Å². The minimum Gasteiger partial charge on any atom is -0.458 e. The van der Waals surface area contributed by atoms with Gasteiger partial charge in [-0.05, 0) is 6.07 Å². The minimum atomic E-state index is -0.0880. The molecule has 0 saturated carbocycles. The standard InChI is InChI=1S/C10H11ClN2O2/c11-7-1-2-15-9(7)10(14)13-5-6-3-12-4-8(6)13/h1-2,6,8,12H,3-5H2. The average Bonchev–Trinajstić information content (AvgIpc) is 2.74. The fraction of sp³-hybridized carbons (Fsp3) is 0.500. The SMILES string of the molecule is O=C(c1occc1Cl)N1CC2CNCC21. The maximum Gasteiger partial charge on any atom is 0.291 e. The molecule has 2 fully saturated rings. The summed E-state index contributed by atoms with van der Waals surface area (Å²) < 4.78 is 5.09. The molecule has 2 aliphatic rings. The molecule has 80 valence electrons. The Hall–Kier alpha value is -1.00. The lowest BCUT2D eigenvalue weighted by Crippen LogP contribution is -2.58. The topological polar surface area (TPSA) is 45.5 Å². The summed E-state index contributed by atoms with van der Waals surface area (Å²) in [5.74, 6) is 0.791. The zero-order valence-corrected chi connectivity index (χ0v) is 8.83. The number of hydrogen-bond acceptors (Lipinski definition) is 3. The quantitative estimate of drug-likeness (QED) is 0.777. The number of amides is 1. The lowest BCUT2D eigenvalue weighted by molar-refractivity contribution is 0.0297. The second-order valence-electron chi connectivity index (χ2n) is 4.04. The van der Waals surface area contributed by atoms with Crippen LogP contribution in [0, 0.1) is 5.92 Å². The van der Waals surface area contributed by atoms with E-state index in [1.165, 1.54) is 6.26 Å². The maximum atomic E-state index is 12.0. The molecule has 5 heteroatoms. The first-order valence-corrected chi connectivity index (χ1v) is 5.40. The van der Waals surface area contributed by atoms with Crippen molar-refractivity contribution in [1.82, 2.24) is 10.2 Å². The lowest BCUT2D eigenvalue weighted by Gasteiger charge is -2.43. The van der Waals surface area contributed by atoms with Crippen LogP contribution < -0.4 is 5.32 Å². The van der Waals surface area contributed by atoms with Gasteiger partial charge in [-0.3, -0.25) is 4.79 Å². The molecule has 4 nitrogen and oxygen atoms in total. The average molecular weight is 227 g/mol. The van der Waals surface area contributed by atoms with Crippen molar-refractivity contribution in [1.29, 1.82) is 0 Å². The zero-order valence-electron chi connectivity index (χ0n) is 8.07. The summed E-state index contributed by atoms with van der Waals surface area (Å²) in [6.45, 7) is 2.71. The lowest BCUT2D eigenvalue weighted by atomic mass is 9.92. The van der Waals surface area contributed by atoms with Crippen molar-refractivity contribution >= 4 is 17.5 Å². The van der Waals surface area contributed by atoms with E-state index in [-0.39, 0.29) is 11.7 Å². The fourth-order valence-electron chi connectivity index (χ4n) is 2.33. The van der Waals surface area contributed by atoms with Crippen LogP contribution in [0.25, 0.3) is 0 Å². The Kier molecular flexibility index (Phi) is 2.00. The van der Waals surface area contributed by atoms with Gasteiger partial charge in [0.15, 0.2) is 0 Å². The highest BCUT2D eigenvalue weighted by atomic mass is 35.5. The molecule has 0 spiro atoms. The van der Waals surface area contributed by atoms with Crippen LogP contribution in [-0.2, 0) is 0 Å². The van der Waals surface area contributed by atoms with Crippen LogP contribution in [0.4, 0.5) is 0 Å². The first kappa shape index (κ1) is 9.24. The summed E-state index contributed by atoms with van der Waals surface area (Å²) in [5, 5.41) is 3.67. The molecular formula is C10H11ClN2O2. The van der Waals surface area contributed by atoms with E-state index in [4.69, 9.17) is 16.0 Å². The summed E-state index contributed by atoms with van der Waals surface area (Å²) in [6, 6.07) is 1.93. The van der Waals surface area contributed by atoms with Gasteiger partial charge in [-0.1, -0.05) is 11.6 Å². The van der Waals surface area contributed by atoms with Gasteiger partial charge in [-0.15, -0.1) is 0 Å². The summed E-state index contributed by atoms with van der Waals surface area (Å²) in [6.07, 6.45) is 1.44. The van der Waals surface area contributed by atoms with Crippen molar-refractivity contribution < 1.29 is 9.21 Å². The molecule has 3 heterocycles. The van der Waals surface area contributed by atoms with Crippen LogP contribution >= 0.6 is 11.6 Å². The Morgan fingerprint density at radius 2 is 2.47 bits per heavy atom. The van der Waals surface area contributed by atoms with E-state index in [1.54, 1.807) is 6.07 Å². The first-order valence-electron chi connectivity index (χ1n) is 5.02. The third-order valence-corrected chi connectivity index (χ3v) is 3.51. The minimum absolute atomic E-state index is 0.0880. The number of likely N-dealkylation sites (tertiary alicyclic amines) is 1. The molecule has 0 aromatic carbocycles. The normalized spacial score (nSPS) is 28.7. The van der Waals surface area contributed by atoms with Gasteiger partial charge in [0, 0.05) is 25.6 Å². The van der Waals surface area contributed by atoms with Gasteiger partial charge in [0.1, 0.15) is 0 Å². The molecule has 1 aromatic rings. The van der Waals surface area contributed by atoms with Gasteiger partial charge in [0.05, 0.1) is 17.3 Å². The van der Waals surface area contributed by atoms with Gasteiger partial charge in [-0.25, -0.2) is 0 Å².